The van der Waals surface area contributed by atoms with E-state index in [9.17, 15) is 13.2 Å². The van der Waals surface area contributed by atoms with Crippen LogP contribution in [0.1, 0.15) is 38.0 Å². The summed E-state index contributed by atoms with van der Waals surface area (Å²) in [5.74, 6) is 1.20. The zero-order chi connectivity index (χ0) is 16.3. The second-order valence-electron chi connectivity index (χ2n) is 6.27. The highest BCUT2D eigenvalue weighted by molar-refractivity contribution is 7.99. The van der Waals surface area contributed by atoms with E-state index in [2.05, 4.69) is 15.5 Å². The molecule has 2 aliphatic rings. The Morgan fingerprint density at radius 2 is 2.04 bits per heavy atom. The van der Waals surface area contributed by atoms with Gasteiger partial charge in [-0.1, -0.05) is 24.6 Å². The van der Waals surface area contributed by atoms with Gasteiger partial charge >= 0.3 is 0 Å². The molecule has 1 aliphatic heterocycles. The van der Waals surface area contributed by atoms with E-state index in [0.29, 0.717) is 30.0 Å². The zero-order valence-corrected chi connectivity index (χ0v) is 14.5. The summed E-state index contributed by atoms with van der Waals surface area (Å²) in [4.78, 5) is 11.8. The fourth-order valence-electron chi connectivity index (χ4n) is 3.13. The molecule has 0 radical (unpaired) electrons. The van der Waals surface area contributed by atoms with Crippen molar-refractivity contribution in [1.29, 1.82) is 0 Å². The van der Waals surface area contributed by atoms with Crippen LogP contribution in [0.25, 0.3) is 0 Å². The molecule has 1 saturated heterocycles. The van der Waals surface area contributed by atoms with E-state index in [4.69, 9.17) is 4.42 Å². The van der Waals surface area contributed by atoms with E-state index in [-0.39, 0.29) is 29.1 Å². The molecule has 0 aromatic carbocycles. The minimum absolute atomic E-state index is 0.0106. The first-order valence-corrected chi connectivity index (χ1v) is 10.8. The molecule has 1 amide bonds. The normalized spacial score (nSPS) is 24.1. The van der Waals surface area contributed by atoms with Crippen molar-refractivity contribution in [2.24, 2.45) is 5.92 Å². The second-order valence-corrected chi connectivity index (χ2v) is 9.43. The largest absolute Gasteiger partial charge is 0.416 e. The van der Waals surface area contributed by atoms with E-state index in [1.54, 1.807) is 0 Å². The summed E-state index contributed by atoms with van der Waals surface area (Å²) < 4.78 is 28.4. The molecule has 1 atom stereocenters. The van der Waals surface area contributed by atoms with E-state index in [1.807, 2.05) is 0 Å². The monoisotopic (exact) mass is 359 g/mol. The van der Waals surface area contributed by atoms with E-state index in [1.165, 1.54) is 24.6 Å². The Bertz CT molecular complexity index is 653. The number of aromatic nitrogens is 2. The van der Waals surface area contributed by atoms with Gasteiger partial charge in [-0.3, -0.25) is 4.79 Å². The van der Waals surface area contributed by atoms with Gasteiger partial charge < -0.3 is 9.73 Å². The molecule has 0 spiro atoms. The Morgan fingerprint density at radius 1 is 1.26 bits per heavy atom. The number of nitrogens with zero attached hydrogens (tertiary/aromatic N) is 2. The highest BCUT2D eigenvalue weighted by atomic mass is 32.2. The van der Waals surface area contributed by atoms with Gasteiger partial charge in [0, 0.05) is 12.5 Å². The summed E-state index contributed by atoms with van der Waals surface area (Å²) in [6.45, 7) is 0. The first-order chi connectivity index (χ1) is 11.0. The Kier molecular flexibility index (Phi) is 5.25. The van der Waals surface area contributed by atoms with E-state index < -0.39 is 9.84 Å². The van der Waals surface area contributed by atoms with Gasteiger partial charge in [-0.05, 0) is 25.2 Å². The third-order valence-corrected chi connectivity index (χ3v) is 6.94. The summed E-state index contributed by atoms with van der Waals surface area (Å²) in [7, 11) is -2.89. The maximum atomic E-state index is 11.8. The fourth-order valence-corrected chi connectivity index (χ4v) is 5.58. The lowest BCUT2D eigenvalue weighted by Gasteiger charge is -2.10. The summed E-state index contributed by atoms with van der Waals surface area (Å²) in [6.07, 6.45) is 5.62. The van der Waals surface area contributed by atoms with Crippen LogP contribution in [-0.4, -0.2) is 47.8 Å². The predicted molar refractivity (Wildman–Crippen MR) is 85.9 cm³/mol. The van der Waals surface area contributed by atoms with Crippen LogP contribution in [0.4, 0.5) is 0 Å². The number of carbonyl (C=O) groups excluding carboxylic acids is 1. The van der Waals surface area contributed by atoms with Crippen molar-refractivity contribution in [2.75, 3.05) is 17.3 Å². The van der Waals surface area contributed by atoms with Gasteiger partial charge in [0.2, 0.25) is 11.8 Å². The lowest BCUT2D eigenvalue weighted by molar-refractivity contribution is -0.119. The summed E-state index contributed by atoms with van der Waals surface area (Å²) in [6, 6.07) is 0.311. The fraction of sp³-hybridized carbons (Fsp3) is 0.786. The average molecular weight is 359 g/mol. The molecule has 128 valence electrons. The number of nitrogens with one attached hydrogen (secondary N) is 1. The number of rotatable bonds is 6. The van der Waals surface area contributed by atoms with Gasteiger partial charge in [-0.15, -0.1) is 10.2 Å². The second kappa shape index (κ2) is 7.21. The lowest BCUT2D eigenvalue weighted by Crippen LogP contribution is -2.33. The molecule has 0 bridgehead atoms. The van der Waals surface area contributed by atoms with Crippen LogP contribution >= 0.6 is 11.8 Å². The molecule has 3 rings (SSSR count). The van der Waals surface area contributed by atoms with Crippen molar-refractivity contribution in [3.05, 3.63) is 5.89 Å². The number of hydrogen-bond donors (Lipinski definition) is 1. The van der Waals surface area contributed by atoms with Crippen LogP contribution in [0, 0.1) is 5.92 Å². The summed E-state index contributed by atoms with van der Waals surface area (Å²) in [5.41, 5.74) is 0. The van der Waals surface area contributed by atoms with Crippen molar-refractivity contribution >= 4 is 27.5 Å². The Balaban J connectivity index is 1.43. The standard InChI is InChI=1S/C14H21N3O4S2/c18-12(15-11-3-1-2-4-11)8-22-14-17-16-13(21-14)7-10-5-6-23(19,20)9-10/h10-11H,1-9H2,(H,15,18)/t10-/m0/s1. The maximum Gasteiger partial charge on any atom is 0.277 e. The highest BCUT2D eigenvalue weighted by Gasteiger charge is 2.29. The van der Waals surface area contributed by atoms with Gasteiger partial charge in [0.1, 0.15) is 0 Å². The summed E-state index contributed by atoms with van der Waals surface area (Å²) in [5, 5.41) is 11.2. The van der Waals surface area contributed by atoms with Gasteiger partial charge in [0.15, 0.2) is 9.84 Å². The molecular weight excluding hydrogens is 338 g/mol. The lowest BCUT2D eigenvalue weighted by atomic mass is 10.1. The molecule has 1 aliphatic carbocycles. The average Bonchev–Trinajstić information content (AvgIpc) is 3.20. The van der Waals surface area contributed by atoms with Gasteiger partial charge in [0.25, 0.3) is 5.22 Å². The van der Waals surface area contributed by atoms with E-state index in [0.717, 1.165) is 12.8 Å². The zero-order valence-electron chi connectivity index (χ0n) is 12.9. The van der Waals surface area contributed by atoms with Crippen molar-refractivity contribution in [3.8, 4) is 0 Å². The molecular formula is C14H21N3O4S2. The van der Waals surface area contributed by atoms with Crippen LogP contribution < -0.4 is 5.32 Å². The topological polar surface area (TPSA) is 102 Å². The van der Waals surface area contributed by atoms with Crippen molar-refractivity contribution < 1.29 is 17.6 Å². The molecule has 2 fully saturated rings. The molecule has 9 heteroatoms. The maximum absolute atomic E-state index is 11.8. The molecule has 2 heterocycles. The Morgan fingerprint density at radius 3 is 2.74 bits per heavy atom. The Hall–Kier alpha value is -1.09. The molecule has 1 aromatic heterocycles. The van der Waals surface area contributed by atoms with Crippen LogP contribution in [0.3, 0.4) is 0 Å². The smallest absolute Gasteiger partial charge is 0.277 e. The van der Waals surface area contributed by atoms with Crippen LogP contribution in [0.5, 0.6) is 0 Å². The predicted octanol–water partition coefficient (Wildman–Crippen LogP) is 1.20. The van der Waals surface area contributed by atoms with Crippen molar-refractivity contribution in [2.45, 2.75) is 49.8 Å². The molecule has 7 nitrogen and oxygen atoms in total. The van der Waals surface area contributed by atoms with Crippen LogP contribution in [0.15, 0.2) is 9.64 Å². The minimum Gasteiger partial charge on any atom is -0.416 e. The van der Waals surface area contributed by atoms with Gasteiger partial charge in [-0.2, -0.15) is 0 Å². The van der Waals surface area contributed by atoms with Crippen molar-refractivity contribution in [1.82, 2.24) is 15.5 Å². The number of hydrogen-bond acceptors (Lipinski definition) is 7. The molecule has 23 heavy (non-hydrogen) atoms. The van der Waals surface area contributed by atoms with Crippen molar-refractivity contribution in [3.63, 3.8) is 0 Å². The molecule has 1 saturated carbocycles. The minimum atomic E-state index is -2.89. The molecule has 0 unspecified atom stereocenters. The first kappa shape index (κ1) is 16.8. The number of sulfone groups is 1. The third kappa shape index (κ3) is 4.94. The third-order valence-electron chi connectivity index (χ3n) is 4.29. The Labute approximate surface area is 139 Å². The first-order valence-electron chi connectivity index (χ1n) is 7.95. The molecule has 1 aromatic rings. The quantitative estimate of drug-likeness (QED) is 0.761. The SMILES string of the molecule is O=C(CSc1nnc(C[C@@H]2CCS(=O)(=O)C2)o1)NC1CCCC1. The van der Waals surface area contributed by atoms with Crippen LogP contribution in [0.2, 0.25) is 0 Å². The molecule has 1 N–H and O–H groups in total. The highest BCUT2D eigenvalue weighted by Crippen LogP contribution is 2.24. The number of amides is 1. The van der Waals surface area contributed by atoms with Crippen LogP contribution in [-0.2, 0) is 21.1 Å². The number of thioether (sulfide) groups is 1. The summed E-state index contributed by atoms with van der Waals surface area (Å²) >= 11 is 1.22. The van der Waals surface area contributed by atoms with E-state index >= 15 is 0 Å². The van der Waals surface area contributed by atoms with Gasteiger partial charge in [0.05, 0.1) is 17.3 Å². The van der Waals surface area contributed by atoms with Gasteiger partial charge in [-0.25, -0.2) is 8.42 Å². The number of carbonyl (C=O) groups is 1.